The zero-order chi connectivity index (χ0) is 9.68. The van der Waals surface area contributed by atoms with Crippen LogP contribution in [0.25, 0.3) is 0 Å². The number of rotatable bonds is 5. The first kappa shape index (κ1) is 10.4. The first-order valence-electron chi connectivity index (χ1n) is 4.68. The largest absolute Gasteiger partial charge is 0.242 e. The molecular formula is C8H16N4S. The van der Waals surface area contributed by atoms with Crippen LogP contribution >= 0.6 is 12.2 Å². The van der Waals surface area contributed by atoms with Gasteiger partial charge in [0.1, 0.15) is 0 Å². The summed E-state index contributed by atoms with van der Waals surface area (Å²) >= 11 is 4.94. The molecule has 0 atom stereocenters. The molecule has 5 heteroatoms. The molecule has 1 aromatic rings. The second-order valence-corrected chi connectivity index (χ2v) is 3.99. The maximum atomic E-state index is 4.94. The summed E-state index contributed by atoms with van der Waals surface area (Å²) < 4.78 is 2.35. The van der Waals surface area contributed by atoms with Gasteiger partial charge in [0.2, 0.25) is 4.77 Å². The van der Waals surface area contributed by atoms with E-state index in [2.05, 4.69) is 29.4 Å². The number of aromatic amines is 1. The molecule has 1 N–H and O–H groups in total. The van der Waals surface area contributed by atoms with Gasteiger partial charge in [-0.3, -0.25) is 0 Å². The van der Waals surface area contributed by atoms with E-state index in [4.69, 9.17) is 12.2 Å². The first-order chi connectivity index (χ1) is 6.20. The Labute approximate surface area is 83.3 Å². The van der Waals surface area contributed by atoms with Crippen LogP contribution in [0.1, 0.15) is 33.1 Å². The number of unbranched alkanes of at least 4 members (excludes halogenated alkanes) is 1. The van der Waals surface area contributed by atoms with Crippen molar-refractivity contribution >= 4 is 12.2 Å². The van der Waals surface area contributed by atoms with Gasteiger partial charge in [0.25, 0.3) is 0 Å². The fourth-order valence-electron chi connectivity index (χ4n) is 1.18. The van der Waals surface area contributed by atoms with Gasteiger partial charge in [-0.05, 0) is 24.6 Å². The van der Waals surface area contributed by atoms with E-state index in [0.29, 0.717) is 4.77 Å². The lowest BCUT2D eigenvalue weighted by atomic mass is 10.1. The zero-order valence-electron chi connectivity index (χ0n) is 8.16. The number of tetrazole rings is 1. The van der Waals surface area contributed by atoms with Crippen LogP contribution < -0.4 is 0 Å². The molecule has 0 saturated carbocycles. The van der Waals surface area contributed by atoms with Gasteiger partial charge in [-0.15, -0.1) is 0 Å². The summed E-state index contributed by atoms with van der Waals surface area (Å²) in [6.45, 7) is 5.38. The Kier molecular flexibility index (Phi) is 4.08. The van der Waals surface area contributed by atoms with Crippen LogP contribution in [0.4, 0.5) is 0 Å². The second kappa shape index (κ2) is 5.11. The summed E-state index contributed by atoms with van der Waals surface area (Å²) in [6.07, 6.45) is 3.64. The van der Waals surface area contributed by atoms with Crippen LogP contribution in [-0.4, -0.2) is 20.2 Å². The van der Waals surface area contributed by atoms with Crippen LogP contribution in [-0.2, 0) is 6.54 Å². The highest BCUT2D eigenvalue weighted by atomic mass is 32.1. The van der Waals surface area contributed by atoms with Crippen molar-refractivity contribution in [2.75, 3.05) is 0 Å². The zero-order valence-corrected chi connectivity index (χ0v) is 8.97. The minimum absolute atomic E-state index is 0.546. The average Bonchev–Trinajstić information content (AvgIpc) is 2.45. The molecule has 0 radical (unpaired) electrons. The van der Waals surface area contributed by atoms with Gasteiger partial charge in [0.15, 0.2) is 0 Å². The molecule has 0 aliphatic heterocycles. The molecule has 0 bridgehead atoms. The summed E-state index contributed by atoms with van der Waals surface area (Å²) in [7, 11) is 0. The molecule has 4 nitrogen and oxygen atoms in total. The van der Waals surface area contributed by atoms with Crippen molar-refractivity contribution < 1.29 is 0 Å². The van der Waals surface area contributed by atoms with E-state index in [1.165, 1.54) is 12.8 Å². The van der Waals surface area contributed by atoms with Crippen molar-refractivity contribution in [3.63, 3.8) is 0 Å². The third-order valence-electron chi connectivity index (χ3n) is 1.95. The van der Waals surface area contributed by atoms with Crippen molar-refractivity contribution in [3.05, 3.63) is 4.77 Å². The molecule has 1 aromatic heterocycles. The Balaban J connectivity index is 2.21. The number of nitrogens with zero attached hydrogens (tertiary/aromatic N) is 3. The van der Waals surface area contributed by atoms with E-state index in [1.54, 1.807) is 4.68 Å². The lowest BCUT2D eigenvalue weighted by molar-refractivity contribution is 0.483. The molecule has 0 aliphatic rings. The predicted molar refractivity (Wildman–Crippen MR) is 53.9 cm³/mol. The van der Waals surface area contributed by atoms with Crippen LogP contribution in [0.5, 0.6) is 0 Å². The predicted octanol–water partition coefficient (Wildman–Crippen LogP) is 2.16. The fourth-order valence-corrected chi connectivity index (χ4v) is 1.36. The SMILES string of the molecule is CC(C)CCCCn1[nH]nnc1=S. The number of hydrogen-bond acceptors (Lipinski definition) is 3. The smallest absolute Gasteiger partial charge is 0.238 e. The van der Waals surface area contributed by atoms with Crippen LogP contribution in [0.15, 0.2) is 0 Å². The molecule has 1 heterocycles. The van der Waals surface area contributed by atoms with Gasteiger partial charge in [0.05, 0.1) is 0 Å². The minimum atomic E-state index is 0.546. The van der Waals surface area contributed by atoms with Gasteiger partial charge < -0.3 is 0 Å². The van der Waals surface area contributed by atoms with Crippen molar-refractivity contribution in [2.45, 2.75) is 39.7 Å². The van der Waals surface area contributed by atoms with Gasteiger partial charge >= 0.3 is 0 Å². The number of H-pyrrole nitrogens is 1. The molecule has 0 amide bonds. The molecule has 0 saturated heterocycles. The minimum Gasteiger partial charge on any atom is -0.242 e. The Morgan fingerprint density at radius 3 is 2.77 bits per heavy atom. The van der Waals surface area contributed by atoms with Gasteiger partial charge in [-0.25, -0.2) is 4.68 Å². The number of hydrogen-bond donors (Lipinski definition) is 1. The summed E-state index contributed by atoms with van der Waals surface area (Å²) in [5.41, 5.74) is 0. The lowest BCUT2D eigenvalue weighted by Gasteiger charge is -2.03. The second-order valence-electron chi connectivity index (χ2n) is 3.62. The summed E-state index contributed by atoms with van der Waals surface area (Å²) in [5.74, 6) is 0.785. The monoisotopic (exact) mass is 200 g/mol. The third kappa shape index (κ3) is 3.67. The van der Waals surface area contributed by atoms with Crippen molar-refractivity contribution in [1.82, 2.24) is 20.2 Å². The normalized spacial score (nSPS) is 11.0. The number of aryl methyl sites for hydroxylation is 1. The number of aromatic nitrogens is 4. The van der Waals surface area contributed by atoms with Crippen molar-refractivity contribution in [2.24, 2.45) is 5.92 Å². The van der Waals surface area contributed by atoms with Gasteiger partial charge in [-0.1, -0.05) is 37.0 Å². The molecular weight excluding hydrogens is 184 g/mol. The first-order valence-corrected chi connectivity index (χ1v) is 5.09. The Morgan fingerprint density at radius 2 is 2.23 bits per heavy atom. The quantitative estimate of drug-likeness (QED) is 0.585. The van der Waals surface area contributed by atoms with E-state index in [0.717, 1.165) is 18.9 Å². The lowest BCUT2D eigenvalue weighted by Crippen LogP contribution is -2.01. The molecule has 0 unspecified atom stereocenters. The van der Waals surface area contributed by atoms with E-state index >= 15 is 0 Å². The fraction of sp³-hybridized carbons (Fsp3) is 0.875. The van der Waals surface area contributed by atoms with E-state index < -0.39 is 0 Å². The maximum Gasteiger partial charge on any atom is 0.238 e. The van der Waals surface area contributed by atoms with Gasteiger partial charge in [0, 0.05) is 6.54 Å². The third-order valence-corrected chi connectivity index (χ3v) is 2.25. The molecule has 1 rings (SSSR count). The molecule has 0 aromatic carbocycles. The van der Waals surface area contributed by atoms with Crippen LogP contribution in [0, 0.1) is 10.7 Å². The van der Waals surface area contributed by atoms with E-state index in [1.807, 2.05) is 0 Å². The van der Waals surface area contributed by atoms with Crippen molar-refractivity contribution in [3.8, 4) is 0 Å². The maximum absolute atomic E-state index is 4.94. The molecule has 0 aliphatic carbocycles. The highest BCUT2D eigenvalue weighted by Crippen LogP contribution is 2.06. The van der Waals surface area contributed by atoms with Crippen LogP contribution in [0.2, 0.25) is 0 Å². The summed E-state index contributed by atoms with van der Waals surface area (Å²) in [4.78, 5) is 0. The standard InChI is InChI=1S/C8H16N4S/c1-7(2)5-3-4-6-12-8(13)9-10-11-12/h7H,3-6H2,1-2H3,(H,9,11,13). The summed E-state index contributed by atoms with van der Waals surface area (Å²) in [5, 5.41) is 10.1. The average molecular weight is 200 g/mol. The Hall–Kier alpha value is -0.710. The number of nitrogens with one attached hydrogen (secondary N) is 1. The summed E-state index contributed by atoms with van der Waals surface area (Å²) in [6, 6.07) is 0. The highest BCUT2D eigenvalue weighted by Gasteiger charge is 1.96. The molecule has 13 heavy (non-hydrogen) atoms. The van der Waals surface area contributed by atoms with E-state index in [9.17, 15) is 0 Å². The molecule has 0 fully saturated rings. The Morgan fingerprint density at radius 1 is 1.46 bits per heavy atom. The topological polar surface area (TPSA) is 46.5 Å². The molecule has 0 spiro atoms. The Bertz CT molecular complexity index is 288. The van der Waals surface area contributed by atoms with Crippen molar-refractivity contribution in [1.29, 1.82) is 0 Å². The van der Waals surface area contributed by atoms with E-state index in [-0.39, 0.29) is 0 Å². The van der Waals surface area contributed by atoms with Gasteiger partial charge in [-0.2, -0.15) is 5.21 Å². The van der Waals surface area contributed by atoms with Crippen LogP contribution in [0.3, 0.4) is 0 Å². The highest BCUT2D eigenvalue weighted by molar-refractivity contribution is 7.71. The molecule has 74 valence electrons.